The fourth-order valence-electron chi connectivity index (χ4n) is 2.54. The molecule has 0 spiro atoms. The highest BCUT2D eigenvalue weighted by Crippen LogP contribution is 2.31. The molecule has 3 unspecified atom stereocenters. The standard InChI is InChI=1S/C13H15F3N2O2/c14-12(13(15)16)11-7-9(5-6-17-11)8-1-3-10(4-2-8)18(19)20/h1-4,9,11-13,17H,5-7H2. The predicted molar refractivity (Wildman–Crippen MR) is 67.8 cm³/mol. The van der Waals surface area contributed by atoms with Crippen LogP contribution in [0.1, 0.15) is 24.3 Å². The third-order valence-corrected chi connectivity index (χ3v) is 3.64. The molecule has 20 heavy (non-hydrogen) atoms. The van der Waals surface area contributed by atoms with Crippen LogP contribution in [0.25, 0.3) is 0 Å². The maximum Gasteiger partial charge on any atom is 0.270 e. The monoisotopic (exact) mass is 288 g/mol. The highest BCUT2D eigenvalue weighted by molar-refractivity contribution is 5.34. The van der Waals surface area contributed by atoms with Crippen LogP contribution in [-0.2, 0) is 0 Å². The number of nitrogens with one attached hydrogen (secondary N) is 1. The number of halogens is 3. The van der Waals surface area contributed by atoms with Gasteiger partial charge in [0.25, 0.3) is 12.1 Å². The highest BCUT2D eigenvalue weighted by atomic mass is 19.3. The zero-order chi connectivity index (χ0) is 14.7. The van der Waals surface area contributed by atoms with Crippen molar-refractivity contribution in [2.75, 3.05) is 6.54 Å². The number of nitro benzene ring substituents is 1. The zero-order valence-electron chi connectivity index (χ0n) is 10.6. The molecule has 110 valence electrons. The van der Waals surface area contributed by atoms with Gasteiger partial charge in [0.2, 0.25) is 0 Å². The van der Waals surface area contributed by atoms with Gasteiger partial charge in [0.15, 0.2) is 6.17 Å². The largest absolute Gasteiger partial charge is 0.311 e. The van der Waals surface area contributed by atoms with Crippen molar-refractivity contribution in [1.29, 1.82) is 0 Å². The topological polar surface area (TPSA) is 55.2 Å². The quantitative estimate of drug-likeness (QED) is 0.684. The first-order valence-corrected chi connectivity index (χ1v) is 6.39. The van der Waals surface area contributed by atoms with E-state index in [1.54, 1.807) is 12.1 Å². The lowest BCUT2D eigenvalue weighted by Gasteiger charge is -2.32. The maximum absolute atomic E-state index is 13.4. The van der Waals surface area contributed by atoms with Gasteiger partial charge in [-0.05, 0) is 30.9 Å². The molecule has 3 atom stereocenters. The Morgan fingerprint density at radius 3 is 2.45 bits per heavy atom. The van der Waals surface area contributed by atoms with Gasteiger partial charge in [-0.2, -0.15) is 0 Å². The van der Waals surface area contributed by atoms with E-state index >= 15 is 0 Å². The minimum atomic E-state index is -3.00. The normalized spacial score (nSPS) is 24.6. The Balaban J connectivity index is 2.06. The molecule has 1 saturated heterocycles. The number of hydrogen-bond donors (Lipinski definition) is 1. The first kappa shape index (κ1) is 14.8. The van der Waals surface area contributed by atoms with Gasteiger partial charge in [0.05, 0.1) is 4.92 Å². The van der Waals surface area contributed by atoms with Crippen LogP contribution >= 0.6 is 0 Å². The predicted octanol–water partition coefficient (Wildman–Crippen LogP) is 3.03. The summed E-state index contributed by atoms with van der Waals surface area (Å²) < 4.78 is 38.2. The van der Waals surface area contributed by atoms with E-state index in [-0.39, 0.29) is 18.0 Å². The zero-order valence-corrected chi connectivity index (χ0v) is 10.6. The van der Waals surface area contributed by atoms with Crippen LogP contribution in [0.4, 0.5) is 18.9 Å². The maximum atomic E-state index is 13.4. The molecule has 1 heterocycles. The first-order valence-electron chi connectivity index (χ1n) is 6.39. The summed E-state index contributed by atoms with van der Waals surface area (Å²) in [4.78, 5) is 10.1. The molecular weight excluding hydrogens is 273 g/mol. The van der Waals surface area contributed by atoms with Crippen molar-refractivity contribution in [1.82, 2.24) is 5.32 Å². The lowest BCUT2D eigenvalue weighted by Crippen LogP contribution is -2.46. The molecule has 2 rings (SSSR count). The van der Waals surface area contributed by atoms with Crippen molar-refractivity contribution in [2.24, 2.45) is 0 Å². The van der Waals surface area contributed by atoms with E-state index in [4.69, 9.17) is 0 Å². The van der Waals surface area contributed by atoms with Crippen LogP contribution in [0.5, 0.6) is 0 Å². The van der Waals surface area contributed by atoms with Crippen molar-refractivity contribution >= 4 is 5.69 Å². The SMILES string of the molecule is O=[N+]([O-])c1ccc(C2CCNC(C(F)C(F)F)C2)cc1. The average molecular weight is 288 g/mol. The van der Waals surface area contributed by atoms with E-state index in [1.165, 1.54) is 12.1 Å². The molecule has 1 aromatic carbocycles. The van der Waals surface area contributed by atoms with E-state index < -0.39 is 23.6 Å². The van der Waals surface area contributed by atoms with Gasteiger partial charge in [-0.15, -0.1) is 0 Å². The van der Waals surface area contributed by atoms with Gasteiger partial charge < -0.3 is 5.32 Å². The van der Waals surface area contributed by atoms with Gasteiger partial charge in [-0.3, -0.25) is 10.1 Å². The molecule has 1 aromatic rings. The Bertz CT molecular complexity index is 467. The molecule has 0 aliphatic carbocycles. The second-order valence-corrected chi connectivity index (χ2v) is 4.91. The Labute approximate surface area is 114 Å². The third kappa shape index (κ3) is 3.27. The molecule has 1 fully saturated rings. The minimum absolute atomic E-state index is 0.0183. The fourth-order valence-corrected chi connectivity index (χ4v) is 2.54. The number of nitro groups is 1. The van der Waals surface area contributed by atoms with Crippen LogP contribution < -0.4 is 5.32 Å². The number of rotatable bonds is 4. The summed E-state index contributed by atoms with van der Waals surface area (Å²) in [6.07, 6.45) is -4.22. The smallest absolute Gasteiger partial charge is 0.270 e. The first-order chi connectivity index (χ1) is 9.49. The lowest BCUT2D eigenvalue weighted by molar-refractivity contribution is -0.384. The summed E-state index contributed by atoms with van der Waals surface area (Å²) in [5, 5.41) is 13.3. The molecule has 0 radical (unpaired) electrons. The molecule has 1 aliphatic heterocycles. The van der Waals surface area contributed by atoms with E-state index in [2.05, 4.69) is 5.32 Å². The highest BCUT2D eigenvalue weighted by Gasteiger charge is 2.34. The van der Waals surface area contributed by atoms with Gasteiger partial charge in [-0.1, -0.05) is 12.1 Å². The van der Waals surface area contributed by atoms with Gasteiger partial charge >= 0.3 is 0 Å². The van der Waals surface area contributed by atoms with E-state index in [9.17, 15) is 23.3 Å². The van der Waals surface area contributed by atoms with Crippen LogP contribution in [-0.4, -0.2) is 30.1 Å². The number of hydrogen-bond acceptors (Lipinski definition) is 3. The summed E-state index contributed by atoms with van der Waals surface area (Å²) >= 11 is 0. The van der Waals surface area contributed by atoms with Crippen molar-refractivity contribution in [3.63, 3.8) is 0 Å². The van der Waals surface area contributed by atoms with Crippen molar-refractivity contribution in [3.8, 4) is 0 Å². The summed E-state index contributed by atoms with van der Waals surface area (Å²) in [6.45, 7) is 0.458. The molecule has 1 aliphatic rings. The number of nitrogens with zero attached hydrogens (tertiary/aromatic N) is 1. The molecule has 1 N–H and O–H groups in total. The Morgan fingerprint density at radius 1 is 1.25 bits per heavy atom. The second kappa shape index (κ2) is 6.21. The molecule has 0 aromatic heterocycles. The van der Waals surface area contributed by atoms with Crippen LogP contribution in [0.3, 0.4) is 0 Å². The molecule has 4 nitrogen and oxygen atoms in total. The van der Waals surface area contributed by atoms with Crippen LogP contribution in [0, 0.1) is 10.1 Å². The fraction of sp³-hybridized carbons (Fsp3) is 0.538. The van der Waals surface area contributed by atoms with Gasteiger partial charge in [-0.25, -0.2) is 13.2 Å². The van der Waals surface area contributed by atoms with Crippen molar-refractivity contribution in [2.45, 2.75) is 37.4 Å². The number of alkyl halides is 3. The lowest BCUT2D eigenvalue weighted by atomic mass is 9.85. The number of non-ortho nitro benzene ring substituents is 1. The summed E-state index contributed by atoms with van der Waals surface area (Å²) in [7, 11) is 0. The summed E-state index contributed by atoms with van der Waals surface area (Å²) in [5.41, 5.74) is 0.804. The van der Waals surface area contributed by atoms with E-state index in [0.29, 0.717) is 13.0 Å². The Hall–Kier alpha value is -1.63. The second-order valence-electron chi connectivity index (χ2n) is 4.91. The van der Waals surface area contributed by atoms with Crippen molar-refractivity contribution in [3.05, 3.63) is 39.9 Å². The molecule has 7 heteroatoms. The van der Waals surface area contributed by atoms with Crippen molar-refractivity contribution < 1.29 is 18.1 Å². The van der Waals surface area contributed by atoms with Crippen LogP contribution in [0.2, 0.25) is 0 Å². The summed E-state index contributed by atoms with van der Waals surface area (Å²) in [5.74, 6) is -0.0564. The molecule has 0 amide bonds. The van der Waals surface area contributed by atoms with Gasteiger partial charge in [0.1, 0.15) is 0 Å². The number of piperidine rings is 1. The molecule has 0 saturated carbocycles. The molecule has 0 bridgehead atoms. The third-order valence-electron chi connectivity index (χ3n) is 3.64. The van der Waals surface area contributed by atoms with E-state index in [0.717, 1.165) is 5.56 Å². The summed E-state index contributed by atoms with van der Waals surface area (Å²) in [6, 6.07) is 5.12. The van der Waals surface area contributed by atoms with Crippen LogP contribution in [0.15, 0.2) is 24.3 Å². The van der Waals surface area contributed by atoms with Gasteiger partial charge in [0, 0.05) is 18.2 Å². The Morgan fingerprint density at radius 2 is 1.90 bits per heavy atom. The average Bonchev–Trinajstić information content (AvgIpc) is 2.46. The van der Waals surface area contributed by atoms with E-state index in [1.807, 2.05) is 0 Å². The Kier molecular flexibility index (Phi) is 4.59. The minimum Gasteiger partial charge on any atom is -0.311 e. The molecular formula is C13H15F3N2O2. The number of benzene rings is 1.